The molecule has 0 aromatic heterocycles. The van der Waals surface area contributed by atoms with Crippen LogP contribution in [0.2, 0.25) is 0 Å². The Morgan fingerprint density at radius 3 is 2.00 bits per heavy atom. The number of hydrogen-bond donors (Lipinski definition) is 1. The van der Waals surface area contributed by atoms with Gasteiger partial charge in [0.15, 0.2) is 0 Å². The normalized spacial score (nSPS) is 10.2. The molecule has 0 fully saturated rings. The summed E-state index contributed by atoms with van der Waals surface area (Å²) in [5.74, 6) is -4.48. The fraction of sp³-hybridized carbons (Fsp3) is 0.750. The average molecular weight is 160 g/mol. The van der Waals surface area contributed by atoms with Crippen molar-refractivity contribution in [3.63, 3.8) is 0 Å². The Bertz CT molecular complexity index is 101. The first-order valence-corrected chi connectivity index (χ1v) is 2.09. The molecule has 0 amide bonds. The SMILES string of the molecule is CC(F)(F)C(=O)CN.Cl. The van der Waals surface area contributed by atoms with Gasteiger partial charge in [0.2, 0.25) is 5.78 Å². The summed E-state index contributed by atoms with van der Waals surface area (Å²) in [6.45, 7) is -0.0638. The molecule has 0 saturated carbocycles. The van der Waals surface area contributed by atoms with Crippen molar-refractivity contribution in [1.29, 1.82) is 0 Å². The van der Waals surface area contributed by atoms with Crippen LogP contribution >= 0.6 is 12.4 Å². The Kier molecular flexibility index (Phi) is 4.80. The zero-order chi connectivity index (χ0) is 6.78. The summed E-state index contributed by atoms with van der Waals surface area (Å²) in [4.78, 5) is 9.96. The summed E-state index contributed by atoms with van der Waals surface area (Å²) < 4.78 is 23.4. The van der Waals surface area contributed by atoms with E-state index in [2.05, 4.69) is 5.73 Å². The van der Waals surface area contributed by atoms with Crippen molar-refractivity contribution in [3.8, 4) is 0 Å². The first kappa shape index (κ1) is 11.6. The fourth-order valence-electron chi connectivity index (χ4n) is 0.179. The molecule has 9 heavy (non-hydrogen) atoms. The molecule has 0 aliphatic heterocycles. The van der Waals surface area contributed by atoms with Crippen LogP contribution in [0.25, 0.3) is 0 Å². The molecule has 0 aromatic rings. The Hall–Kier alpha value is -0.220. The monoisotopic (exact) mass is 159 g/mol. The van der Waals surface area contributed by atoms with E-state index in [0.29, 0.717) is 6.92 Å². The number of halogens is 3. The molecule has 0 bridgehead atoms. The molecule has 0 aliphatic carbocycles. The summed E-state index contributed by atoms with van der Waals surface area (Å²) >= 11 is 0. The number of nitrogens with two attached hydrogens (primary N) is 1. The van der Waals surface area contributed by atoms with E-state index in [4.69, 9.17) is 0 Å². The van der Waals surface area contributed by atoms with Gasteiger partial charge in [0.1, 0.15) is 0 Å². The Balaban J connectivity index is 0. The van der Waals surface area contributed by atoms with Gasteiger partial charge in [-0.3, -0.25) is 4.79 Å². The minimum Gasteiger partial charge on any atom is -0.324 e. The van der Waals surface area contributed by atoms with Crippen LogP contribution in [-0.4, -0.2) is 18.3 Å². The lowest BCUT2D eigenvalue weighted by Crippen LogP contribution is -2.31. The van der Waals surface area contributed by atoms with Gasteiger partial charge >= 0.3 is 5.92 Å². The van der Waals surface area contributed by atoms with Gasteiger partial charge < -0.3 is 5.73 Å². The van der Waals surface area contributed by atoms with E-state index in [1.807, 2.05) is 0 Å². The van der Waals surface area contributed by atoms with Gasteiger partial charge in [-0.15, -0.1) is 12.4 Å². The highest BCUT2D eigenvalue weighted by Gasteiger charge is 2.29. The van der Waals surface area contributed by atoms with Crippen LogP contribution in [0, 0.1) is 0 Å². The Labute approximate surface area is 57.8 Å². The highest BCUT2D eigenvalue weighted by Crippen LogP contribution is 2.10. The van der Waals surface area contributed by atoms with E-state index >= 15 is 0 Å². The molecule has 56 valence electrons. The quantitative estimate of drug-likeness (QED) is 0.641. The first-order chi connectivity index (χ1) is 3.48. The van der Waals surface area contributed by atoms with Crippen molar-refractivity contribution in [2.45, 2.75) is 12.8 Å². The molecular formula is C4H8ClF2NO. The molecule has 0 saturated heterocycles. The largest absolute Gasteiger partial charge is 0.324 e. The highest BCUT2D eigenvalue weighted by molar-refractivity contribution is 5.86. The third-order valence-electron chi connectivity index (χ3n) is 0.675. The van der Waals surface area contributed by atoms with Gasteiger partial charge in [-0.1, -0.05) is 0 Å². The molecule has 2 nitrogen and oxygen atoms in total. The van der Waals surface area contributed by atoms with Crippen LogP contribution in [0.5, 0.6) is 0 Å². The van der Waals surface area contributed by atoms with Gasteiger partial charge in [0, 0.05) is 6.92 Å². The van der Waals surface area contributed by atoms with Crippen LogP contribution in [0.1, 0.15) is 6.92 Å². The Morgan fingerprint density at radius 1 is 1.67 bits per heavy atom. The standard InChI is InChI=1S/C4H7F2NO.ClH/c1-4(5,6)3(8)2-7;/h2,7H2,1H3;1H. The summed E-state index contributed by atoms with van der Waals surface area (Å²) in [6.07, 6.45) is 0. The molecule has 0 heterocycles. The van der Waals surface area contributed by atoms with E-state index in [1.54, 1.807) is 0 Å². The topological polar surface area (TPSA) is 43.1 Å². The number of alkyl halides is 2. The molecule has 0 spiro atoms. The van der Waals surface area contributed by atoms with Crippen molar-refractivity contribution >= 4 is 18.2 Å². The second-order valence-electron chi connectivity index (χ2n) is 1.52. The van der Waals surface area contributed by atoms with Gasteiger partial charge in [-0.2, -0.15) is 8.78 Å². The molecule has 0 aromatic carbocycles. The number of ketones is 1. The molecule has 2 N–H and O–H groups in total. The fourth-order valence-corrected chi connectivity index (χ4v) is 0.179. The van der Waals surface area contributed by atoms with Crippen molar-refractivity contribution in [3.05, 3.63) is 0 Å². The second kappa shape index (κ2) is 3.74. The van der Waals surface area contributed by atoms with Crippen LogP contribution in [-0.2, 0) is 4.79 Å². The van der Waals surface area contributed by atoms with Crippen molar-refractivity contribution < 1.29 is 13.6 Å². The zero-order valence-electron chi connectivity index (χ0n) is 4.86. The van der Waals surface area contributed by atoms with Crippen molar-refractivity contribution in [2.75, 3.05) is 6.54 Å². The van der Waals surface area contributed by atoms with Gasteiger partial charge in [-0.05, 0) is 0 Å². The van der Waals surface area contributed by atoms with E-state index in [1.165, 1.54) is 0 Å². The Morgan fingerprint density at radius 2 is 2.00 bits per heavy atom. The van der Waals surface area contributed by atoms with Gasteiger partial charge in [-0.25, -0.2) is 0 Å². The van der Waals surface area contributed by atoms with Crippen molar-refractivity contribution in [1.82, 2.24) is 0 Å². The van der Waals surface area contributed by atoms with Crippen LogP contribution in [0.15, 0.2) is 0 Å². The lowest BCUT2D eigenvalue weighted by molar-refractivity contribution is -0.138. The number of hydrogen-bond acceptors (Lipinski definition) is 2. The number of carbonyl (C=O) groups is 1. The molecule has 5 heteroatoms. The molecule has 0 aliphatic rings. The third-order valence-corrected chi connectivity index (χ3v) is 0.675. The first-order valence-electron chi connectivity index (χ1n) is 2.09. The minimum absolute atomic E-state index is 0. The highest BCUT2D eigenvalue weighted by atomic mass is 35.5. The van der Waals surface area contributed by atoms with E-state index in [-0.39, 0.29) is 12.4 Å². The van der Waals surface area contributed by atoms with E-state index in [0.717, 1.165) is 0 Å². The zero-order valence-corrected chi connectivity index (χ0v) is 5.67. The molecule has 0 radical (unpaired) electrons. The molecule has 0 atom stereocenters. The van der Waals surface area contributed by atoms with Gasteiger partial charge in [0.25, 0.3) is 0 Å². The minimum atomic E-state index is -3.26. The van der Waals surface area contributed by atoms with Crippen LogP contribution in [0.4, 0.5) is 8.78 Å². The summed E-state index contributed by atoms with van der Waals surface area (Å²) in [6, 6.07) is 0. The molecule has 0 unspecified atom stereocenters. The lowest BCUT2D eigenvalue weighted by atomic mass is 10.2. The maximum absolute atomic E-state index is 11.7. The van der Waals surface area contributed by atoms with E-state index in [9.17, 15) is 13.6 Å². The van der Waals surface area contributed by atoms with Crippen LogP contribution in [0.3, 0.4) is 0 Å². The average Bonchev–Trinajstić information content (AvgIpc) is 1.62. The predicted molar refractivity (Wildman–Crippen MR) is 31.9 cm³/mol. The molecule has 0 rings (SSSR count). The second-order valence-corrected chi connectivity index (χ2v) is 1.52. The summed E-state index contributed by atoms with van der Waals surface area (Å²) in [5.41, 5.74) is 4.63. The maximum Gasteiger partial charge on any atom is 0.303 e. The smallest absolute Gasteiger partial charge is 0.303 e. The van der Waals surface area contributed by atoms with Crippen LogP contribution < -0.4 is 5.73 Å². The number of Topliss-reactive ketones (excluding diaryl/α,β-unsaturated/α-hetero) is 1. The summed E-state index contributed by atoms with van der Waals surface area (Å²) in [7, 11) is 0. The number of rotatable bonds is 2. The number of carbonyl (C=O) groups excluding carboxylic acids is 1. The lowest BCUT2D eigenvalue weighted by Gasteiger charge is -2.04. The summed E-state index contributed by atoms with van der Waals surface area (Å²) in [5, 5.41) is 0. The van der Waals surface area contributed by atoms with Gasteiger partial charge in [0.05, 0.1) is 6.54 Å². The predicted octanol–water partition coefficient (Wildman–Crippen LogP) is 0.591. The maximum atomic E-state index is 11.7. The van der Waals surface area contributed by atoms with E-state index < -0.39 is 18.3 Å². The molecular weight excluding hydrogens is 151 g/mol. The van der Waals surface area contributed by atoms with Crippen molar-refractivity contribution in [2.24, 2.45) is 5.73 Å². The third kappa shape index (κ3) is 4.29.